The minimum atomic E-state index is -0.497. The highest BCUT2D eigenvalue weighted by Crippen LogP contribution is 2.16. The highest BCUT2D eigenvalue weighted by molar-refractivity contribution is 5.90. The lowest BCUT2D eigenvalue weighted by Gasteiger charge is -2.10. The Labute approximate surface area is 174 Å². The highest BCUT2D eigenvalue weighted by Gasteiger charge is 2.12. The summed E-state index contributed by atoms with van der Waals surface area (Å²) in [6.45, 7) is 0. The Morgan fingerprint density at radius 1 is 0.967 bits per heavy atom. The number of ether oxygens (including phenoxy) is 4. The van der Waals surface area contributed by atoms with E-state index >= 15 is 0 Å². The zero-order valence-electron chi connectivity index (χ0n) is 17.3. The Morgan fingerprint density at radius 3 is 2.00 bits per heavy atom. The van der Waals surface area contributed by atoms with Gasteiger partial charge in [0.2, 0.25) is 11.8 Å². The van der Waals surface area contributed by atoms with Crippen molar-refractivity contribution in [3.05, 3.63) is 53.9 Å². The molecule has 0 unspecified atom stereocenters. The molecule has 0 fully saturated rings. The van der Waals surface area contributed by atoms with E-state index in [1.54, 1.807) is 30.5 Å². The molecule has 0 aromatic carbocycles. The molecular weight excluding hydrogens is 392 g/mol. The van der Waals surface area contributed by atoms with Gasteiger partial charge in [-0.1, -0.05) is 6.07 Å². The molecule has 0 spiro atoms. The minimum absolute atomic E-state index is 0.143. The summed E-state index contributed by atoms with van der Waals surface area (Å²) in [7, 11) is 5.69. The van der Waals surface area contributed by atoms with Crippen molar-refractivity contribution in [1.82, 2.24) is 9.97 Å². The summed E-state index contributed by atoms with van der Waals surface area (Å²) in [6.07, 6.45) is 4.45. The van der Waals surface area contributed by atoms with Crippen molar-refractivity contribution in [3.8, 4) is 11.8 Å². The van der Waals surface area contributed by atoms with Crippen molar-refractivity contribution in [2.45, 2.75) is 12.5 Å². The van der Waals surface area contributed by atoms with Crippen LogP contribution in [0.1, 0.15) is 23.6 Å². The van der Waals surface area contributed by atoms with Gasteiger partial charge >= 0.3 is 11.9 Å². The zero-order chi connectivity index (χ0) is 22.5. The Kier molecular flexibility index (Phi) is 10.3. The second kappa shape index (κ2) is 12.7. The van der Waals surface area contributed by atoms with Crippen LogP contribution in [-0.4, -0.2) is 50.3 Å². The van der Waals surface area contributed by atoms with Crippen LogP contribution in [0.15, 0.2) is 42.7 Å². The van der Waals surface area contributed by atoms with Gasteiger partial charge in [-0.05, 0) is 11.6 Å². The molecule has 10 nitrogen and oxygen atoms in total. The van der Waals surface area contributed by atoms with Crippen LogP contribution in [-0.2, 0) is 19.1 Å². The smallest absolute Gasteiger partial charge is 0.332 e. The van der Waals surface area contributed by atoms with Crippen molar-refractivity contribution < 1.29 is 28.5 Å². The summed E-state index contributed by atoms with van der Waals surface area (Å²) in [4.78, 5) is 29.8. The number of aromatic nitrogens is 2. The number of nitrogens with zero attached hydrogens (tertiary/aromatic N) is 2. The molecule has 2 aromatic heterocycles. The number of carbonyl (C=O) groups excluding carboxylic acids is 2. The fourth-order valence-electron chi connectivity index (χ4n) is 2.05. The molecule has 1 atom stereocenters. The Bertz CT molecular complexity index is 837. The molecule has 0 aliphatic heterocycles. The Morgan fingerprint density at radius 2 is 1.57 bits per heavy atom. The van der Waals surface area contributed by atoms with Crippen LogP contribution in [0.4, 0.5) is 0 Å². The summed E-state index contributed by atoms with van der Waals surface area (Å²) < 4.78 is 18.8. The van der Waals surface area contributed by atoms with Gasteiger partial charge in [0, 0.05) is 47.9 Å². The summed E-state index contributed by atoms with van der Waals surface area (Å²) >= 11 is 0. The van der Waals surface area contributed by atoms with Crippen LogP contribution in [0.25, 0.3) is 5.70 Å². The van der Waals surface area contributed by atoms with E-state index in [1.165, 1.54) is 40.7 Å². The predicted octanol–water partition coefficient (Wildman–Crippen LogP) is 1.22. The summed E-state index contributed by atoms with van der Waals surface area (Å²) in [6, 6.07) is 6.45. The van der Waals surface area contributed by atoms with E-state index in [9.17, 15) is 9.59 Å². The first-order valence-electron chi connectivity index (χ1n) is 8.72. The molecular formula is C20H26N4O6. The van der Waals surface area contributed by atoms with Crippen molar-refractivity contribution in [2.24, 2.45) is 11.5 Å². The number of carbonyl (C=O) groups is 2. The molecule has 2 aromatic rings. The number of esters is 2. The lowest BCUT2D eigenvalue weighted by atomic mass is 10.1. The summed E-state index contributed by atoms with van der Waals surface area (Å²) in [5.74, 6) is 0.176. The van der Waals surface area contributed by atoms with Crippen LogP contribution in [0, 0.1) is 0 Å². The van der Waals surface area contributed by atoms with E-state index in [-0.39, 0.29) is 12.4 Å². The molecule has 162 valence electrons. The van der Waals surface area contributed by atoms with Gasteiger partial charge in [0.1, 0.15) is 0 Å². The van der Waals surface area contributed by atoms with E-state index in [2.05, 4.69) is 19.4 Å². The summed E-state index contributed by atoms with van der Waals surface area (Å²) in [5.41, 5.74) is 13.1. The predicted molar refractivity (Wildman–Crippen MR) is 109 cm³/mol. The first-order valence-corrected chi connectivity index (χ1v) is 8.72. The van der Waals surface area contributed by atoms with Crippen LogP contribution in [0.3, 0.4) is 0 Å². The Hall–Kier alpha value is -3.66. The largest absolute Gasteiger partial charge is 0.481 e. The fraction of sp³-hybridized carbons (Fsp3) is 0.300. The number of nitrogens with two attached hydrogens (primary N) is 2. The van der Waals surface area contributed by atoms with Gasteiger partial charge < -0.3 is 30.4 Å². The normalized spacial score (nSPS) is 11.4. The first kappa shape index (κ1) is 24.4. The topological polar surface area (TPSA) is 149 Å². The first-order chi connectivity index (χ1) is 14.3. The molecule has 0 aliphatic rings. The SMILES string of the molecule is COC(=O)/C=C(\N)c1ccc(OC)nc1.COC(=O)C[C@H](N)c1ccc(OC)nc1. The van der Waals surface area contributed by atoms with Crippen LogP contribution >= 0.6 is 0 Å². The molecule has 10 heteroatoms. The third-order valence-corrected chi connectivity index (χ3v) is 3.76. The lowest BCUT2D eigenvalue weighted by Crippen LogP contribution is -2.16. The number of hydrogen-bond donors (Lipinski definition) is 2. The third-order valence-electron chi connectivity index (χ3n) is 3.76. The van der Waals surface area contributed by atoms with E-state index < -0.39 is 12.0 Å². The molecule has 0 bridgehead atoms. The molecule has 0 amide bonds. The Balaban J connectivity index is 0.000000300. The fourth-order valence-corrected chi connectivity index (χ4v) is 2.05. The third kappa shape index (κ3) is 8.15. The second-order valence-electron chi connectivity index (χ2n) is 5.73. The molecule has 4 N–H and O–H groups in total. The van der Waals surface area contributed by atoms with E-state index in [0.29, 0.717) is 23.0 Å². The molecule has 0 saturated carbocycles. The standard InChI is InChI=1S/C10H14N2O3.C10H12N2O3/c2*1-14-9-4-3-7(6-12-9)8(11)5-10(13)15-2/h3-4,6,8H,5,11H2,1-2H3;3-6H,11H2,1-2H3/b;8-5-/t8-;/m0./s1. The van der Waals surface area contributed by atoms with Gasteiger partial charge in [-0.2, -0.15) is 0 Å². The lowest BCUT2D eigenvalue weighted by molar-refractivity contribution is -0.141. The molecule has 2 heterocycles. The maximum Gasteiger partial charge on any atom is 0.332 e. The van der Waals surface area contributed by atoms with Crippen molar-refractivity contribution >= 4 is 17.6 Å². The van der Waals surface area contributed by atoms with Crippen LogP contribution < -0.4 is 20.9 Å². The minimum Gasteiger partial charge on any atom is -0.481 e. The molecule has 0 saturated heterocycles. The monoisotopic (exact) mass is 418 g/mol. The van der Waals surface area contributed by atoms with Gasteiger partial charge in [-0.25, -0.2) is 14.8 Å². The van der Waals surface area contributed by atoms with E-state index in [1.807, 2.05) is 0 Å². The molecule has 30 heavy (non-hydrogen) atoms. The van der Waals surface area contributed by atoms with Gasteiger partial charge in [-0.3, -0.25) is 4.79 Å². The number of rotatable bonds is 7. The van der Waals surface area contributed by atoms with Crippen LogP contribution in [0.2, 0.25) is 0 Å². The maximum atomic E-state index is 11.0. The van der Waals surface area contributed by atoms with E-state index in [4.69, 9.17) is 20.9 Å². The van der Waals surface area contributed by atoms with Crippen molar-refractivity contribution in [2.75, 3.05) is 28.4 Å². The number of methoxy groups -OCH3 is 4. The molecule has 0 radical (unpaired) electrons. The molecule has 2 rings (SSSR count). The second-order valence-corrected chi connectivity index (χ2v) is 5.73. The zero-order valence-corrected chi connectivity index (χ0v) is 17.3. The molecule has 0 aliphatic carbocycles. The van der Waals surface area contributed by atoms with Gasteiger partial charge in [0.15, 0.2) is 0 Å². The van der Waals surface area contributed by atoms with Crippen molar-refractivity contribution in [3.63, 3.8) is 0 Å². The summed E-state index contributed by atoms with van der Waals surface area (Å²) in [5, 5.41) is 0. The average Bonchev–Trinajstić information content (AvgIpc) is 2.79. The number of hydrogen-bond acceptors (Lipinski definition) is 10. The van der Waals surface area contributed by atoms with E-state index in [0.717, 1.165) is 5.56 Å². The highest BCUT2D eigenvalue weighted by atomic mass is 16.5. The van der Waals surface area contributed by atoms with Crippen molar-refractivity contribution in [1.29, 1.82) is 0 Å². The van der Waals surface area contributed by atoms with Gasteiger partial charge in [0.05, 0.1) is 34.9 Å². The average molecular weight is 418 g/mol. The quantitative estimate of drug-likeness (QED) is 0.496. The maximum absolute atomic E-state index is 11.0. The van der Waals surface area contributed by atoms with Crippen LogP contribution in [0.5, 0.6) is 11.8 Å². The number of pyridine rings is 2. The van der Waals surface area contributed by atoms with Gasteiger partial charge in [0.25, 0.3) is 0 Å². The van der Waals surface area contributed by atoms with Gasteiger partial charge in [-0.15, -0.1) is 0 Å².